The monoisotopic (exact) mass is 631 g/mol. The normalized spacial score (nSPS) is 14.3. The van der Waals surface area contributed by atoms with Crippen molar-refractivity contribution in [1.29, 1.82) is 0 Å². The molecular weight excluding hydrogens is 597 g/mol. The number of carbonyl (C=O) groups excluding carboxylic acids is 2. The van der Waals surface area contributed by atoms with Crippen molar-refractivity contribution in [3.63, 3.8) is 0 Å². The number of ether oxygens (including phenoxy) is 1. The first-order valence-corrected chi connectivity index (χ1v) is 16.3. The summed E-state index contributed by atoms with van der Waals surface area (Å²) in [5, 5.41) is 3.91. The van der Waals surface area contributed by atoms with Crippen LogP contribution in [0.15, 0.2) is 72.8 Å². The van der Waals surface area contributed by atoms with Crippen LogP contribution in [-0.4, -0.2) is 57.1 Å². The van der Waals surface area contributed by atoms with Crippen molar-refractivity contribution in [2.24, 2.45) is 0 Å². The van der Waals surface area contributed by atoms with Crippen LogP contribution in [0, 0.1) is 0 Å². The summed E-state index contributed by atoms with van der Waals surface area (Å²) >= 11 is 12.7. The maximum Gasteiger partial charge on any atom is 0.244 e. The largest absolute Gasteiger partial charge is 0.497 e. The van der Waals surface area contributed by atoms with Gasteiger partial charge in [0, 0.05) is 35.1 Å². The minimum absolute atomic E-state index is 0.0242. The number of methoxy groups -OCH3 is 1. The molecule has 1 aliphatic carbocycles. The summed E-state index contributed by atoms with van der Waals surface area (Å²) in [6.07, 6.45) is 5.07. The van der Waals surface area contributed by atoms with E-state index in [1.54, 1.807) is 42.5 Å². The van der Waals surface area contributed by atoms with Crippen LogP contribution in [0.2, 0.25) is 10.0 Å². The van der Waals surface area contributed by atoms with Crippen molar-refractivity contribution in [1.82, 2.24) is 10.2 Å². The number of nitrogens with one attached hydrogen (secondary N) is 1. The molecular formula is C31H35Cl2N3O5S. The fourth-order valence-corrected chi connectivity index (χ4v) is 6.44. The molecule has 8 nitrogen and oxygen atoms in total. The third-order valence-corrected chi connectivity index (χ3v) is 9.08. The number of hydrogen-bond acceptors (Lipinski definition) is 5. The van der Waals surface area contributed by atoms with Crippen LogP contribution in [0.1, 0.15) is 36.8 Å². The zero-order valence-electron chi connectivity index (χ0n) is 23.6. The molecule has 0 bridgehead atoms. The molecule has 0 spiro atoms. The number of nitrogens with zero attached hydrogens (tertiary/aromatic N) is 2. The lowest BCUT2D eigenvalue weighted by molar-refractivity contribution is -0.140. The number of rotatable bonds is 12. The number of sulfonamides is 1. The summed E-state index contributed by atoms with van der Waals surface area (Å²) in [5.74, 6) is -0.412. The SMILES string of the molecule is COc1cccc(N(CC(=O)N(Cc2ccc(Cl)cc2Cl)[C@H](Cc2ccccc2)C(=O)NC2CCCC2)S(C)(=O)=O)c1. The van der Waals surface area contributed by atoms with Crippen LogP contribution < -0.4 is 14.4 Å². The fourth-order valence-electron chi connectivity index (χ4n) is 5.13. The Bertz CT molecular complexity index is 1500. The molecule has 0 saturated heterocycles. The Labute approximate surface area is 257 Å². The van der Waals surface area contributed by atoms with E-state index < -0.39 is 28.5 Å². The van der Waals surface area contributed by atoms with Gasteiger partial charge in [0.05, 0.1) is 19.1 Å². The molecule has 0 heterocycles. The van der Waals surface area contributed by atoms with Gasteiger partial charge in [-0.1, -0.05) is 78.5 Å². The van der Waals surface area contributed by atoms with Gasteiger partial charge in [0.1, 0.15) is 18.3 Å². The molecule has 42 heavy (non-hydrogen) atoms. The number of hydrogen-bond donors (Lipinski definition) is 1. The second-order valence-electron chi connectivity index (χ2n) is 10.4. The van der Waals surface area contributed by atoms with Crippen molar-refractivity contribution >= 4 is 50.7 Å². The predicted octanol–water partition coefficient (Wildman–Crippen LogP) is 5.47. The predicted molar refractivity (Wildman–Crippen MR) is 167 cm³/mol. The lowest BCUT2D eigenvalue weighted by atomic mass is 10.0. The number of halogens is 2. The Morgan fingerprint density at radius 3 is 2.36 bits per heavy atom. The van der Waals surface area contributed by atoms with E-state index in [0.717, 1.165) is 41.8 Å². The number of benzene rings is 3. The van der Waals surface area contributed by atoms with Gasteiger partial charge in [-0.05, 0) is 48.2 Å². The van der Waals surface area contributed by atoms with Crippen molar-refractivity contribution in [2.45, 2.75) is 50.7 Å². The van der Waals surface area contributed by atoms with E-state index in [9.17, 15) is 18.0 Å². The standard InChI is InChI=1S/C31H35Cl2N3O5S/c1-41-27-14-8-13-26(19-27)36(42(2,39)40)21-30(37)35(20-23-15-16-24(32)18-28(23)33)29(17-22-9-4-3-5-10-22)31(38)34-25-11-6-7-12-25/h3-5,8-10,13-16,18-19,25,29H,6-7,11-12,17,20-21H2,1-2H3,(H,34,38)/t29-/m1/s1. The van der Waals surface area contributed by atoms with E-state index in [0.29, 0.717) is 21.4 Å². The van der Waals surface area contributed by atoms with E-state index in [1.165, 1.54) is 12.0 Å². The highest BCUT2D eigenvalue weighted by Crippen LogP contribution is 2.27. The second-order valence-corrected chi connectivity index (χ2v) is 13.2. The molecule has 0 aliphatic heterocycles. The van der Waals surface area contributed by atoms with Crippen LogP contribution in [-0.2, 0) is 32.6 Å². The zero-order valence-corrected chi connectivity index (χ0v) is 26.0. The molecule has 4 rings (SSSR count). The third-order valence-electron chi connectivity index (χ3n) is 7.35. The Morgan fingerprint density at radius 1 is 1.00 bits per heavy atom. The van der Waals surface area contributed by atoms with Crippen LogP contribution in [0.3, 0.4) is 0 Å². The molecule has 224 valence electrons. The van der Waals surface area contributed by atoms with E-state index in [-0.39, 0.29) is 30.6 Å². The average molecular weight is 633 g/mol. The van der Waals surface area contributed by atoms with Gasteiger partial charge in [-0.3, -0.25) is 13.9 Å². The topological polar surface area (TPSA) is 96.0 Å². The maximum absolute atomic E-state index is 14.2. The molecule has 0 radical (unpaired) electrons. The molecule has 3 aromatic carbocycles. The quantitative estimate of drug-likeness (QED) is 0.286. The summed E-state index contributed by atoms with van der Waals surface area (Å²) < 4.78 is 32.2. The van der Waals surface area contributed by atoms with E-state index in [4.69, 9.17) is 27.9 Å². The first kappa shape index (κ1) is 31.7. The fraction of sp³-hybridized carbons (Fsp3) is 0.355. The summed E-state index contributed by atoms with van der Waals surface area (Å²) in [6, 6.07) is 19.9. The van der Waals surface area contributed by atoms with E-state index in [1.807, 2.05) is 30.3 Å². The van der Waals surface area contributed by atoms with Crippen molar-refractivity contribution < 1.29 is 22.7 Å². The average Bonchev–Trinajstić information content (AvgIpc) is 3.47. The number of anilines is 1. The van der Waals surface area contributed by atoms with Crippen LogP contribution in [0.5, 0.6) is 5.75 Å². The van der Waals surface area contributed by atoms with Gasteiger partial charge in [0.25, 0.3) is 0 Å². The second kappa shape index (κ2) is 14.3. The van der Waals surface area contributed by atoms with Gasteiger partial charge in [-0.25, -0.2) is 8.42 Å². The lowest BCUT2D eigenvalue weighted by Crippen LogP contribution is -2.54. The molecule has 1 atom stereocenters. The molecule has 0 aromatic heterocycles. The van der Waals surface area contributed by atoms with Crippen molar-refractivity contribution in [3.05, 3.63) is 94.0 Å². The summed E-state index contributed by atoms with van der Waals surface area (Å²) in [7, 11) is -2.42. The molecule has 1 fully saturated rings. The van der Waals surface area contributed by atoms with Gasteiger partial charge in [-0.15, -0.1) is 0 Å². The van der Waals surface area contributed by atoms with Gasteiger partial charge >= 0.3 is 0 Å². The Kier molecular flexibility index (Phi) is 10.8. The van der Waals surface area contributed by atoms with Crippen molar-refractivity contribution in [2.75, 3.05) is 24.2 Å². The third kappa shape index (κ3) is 8.40. The maximum atomic E-state index is 14.2. The smallest absolute Gasteiger partial charge is 0.244 e. The van der Waals surface area contributed by atoms with Gasteiger partial charge in [0.2, 0.25) is 21.8 Å². The van der Waals surface area contributed by atoms with Crippen LogP contribution in [0.25, 0.3) is 0 Å². The molecule has 3 aromatic rings. The highest BCUT2D eigenvalue weighted by Gasteiger charge is 2.34. The zero-order chi connectivity index (χ0) is 30.3. The molecule has 1 aliphatic rings. The minimum Gasteiger partial charge on any atom is -0.497 e. The Morgan fingerprint density at radius 2 is 1.71 bits per heavy atom. The highest BCUT2D eigenvalue weighted by atomic mass is 35.5. The molecule has 2 amide bonds. The van der Waals surface area contributed by atoms with Gasteiger partial charge < -0.3 is 15.0 Å². The first-order valence-electron chi connectivity index (χ1n) is 13.7. The van der Waals surface area contributed by atoms with Gasteiger partial charge in [-0.2, -0.15) is 0 Å². The summed E-state index contributed by atoms with van der Waals surface area (Å²) in [6.45, 7) is -0.556. The number of carbonyl (C=O) groups is 2. The van der Waals surface area contributed by atoms with Crippen LogP contribution in [0.4, 0.5) is 5.69 Å². The van der Waals surface area contributed by atoms with E-state index >= 15 is 0 Å². The summed E-state index contributed by atoms with van der Waals surface area (Å²) in [5.41, 5.74) is 1.70. The first-order chi connectivity index (χ1) is 20.0. The highest BCUT2D eigenvalue weighted by molar-refractivity contribution is 7.92. The van der Waals surface area contributed by atoms with Crippen LogP contribution >= 0.6 is 23.2 Å². The van der Waals surface area contributed by atoms with Crippen molar-refractivity contribution in [3.8, 4) is 5.75 Å². The molecule has 0 unspecified atom stereocenters. The lowest BCUT2D eigenvalue weighted by Gasteiger charge is -2.34. The van der Waals surface area contributed by atoms with E-state index in [2.05, 4.69) is 5.32 Å². The number of amides is 2. The molecule has 11 heteroatoms. The van der Waals surface area contributed by atoms with Gasteiger partial charge in [0.15, 0.2) is 0 Å². The Hall–Kier alpha value is -3.27. The molecule has 1 saturated carbocycles. The molecule has 1 N–H and O–H groups in total. The minimum atomic E-state index is -3.90. The summed E-state index contributed by atoms with van der Waals surface area (Å²) in [4.78, 5) is 29.6. The Balaban J connectivity index is 1.75.